The molecule has 0 spiro atoms. The minimum atomic E-state index is -4.84. The van der Waals surface area contributed by atoms with Crippen molar-refractivity contribution in [3.8, 4) is 0 Å². The van der Waals surface area contributed by atoms with E-state index >= 15 is 0 Å². The SMILES string of the molecule is CC(C)(C)OC(=O)N[C@H]1CCCCC/C=C\[C@@H]2C[C@@]2(C(=O)NCc2ccc(C(O)C(F)(F)F)cc2)NC(=O)[C@@H]2CC(OC(=O)N3Cc4cccc(F)c4C3)CN2C1=O. The molecule has 13 nitrogen and oxygen atoms in total. The van der Waals surface area contributed by atoms with Gasteiger partial charge in [-0.15, -0.1) is 0 Å². The smallest absolute Gasteiger partial charge is 0.418 e. The van der Waals surface area contributed by atoms with E-state index in [1.807, 2.05) is 12.2 Å². The van der Waals surface area contributed by atoms with E-state index in [2.05, 4.69) is 16.0 Å². The van der Waals surface area contributed by atoms with Gasteiger partial charge in [0.2, 0.25) is 17.7 Å². The summed E-state index contributed by atoms with van der Waals surface area (Å²) in [6.45, 7) is 4.84. The maximum absolute atomic E-state index is 14.5. The average Bonchev–Trinajstić information content (AvgIpc) is 3.44. The first kappa shape index (κ1) is 42.4. The number of halogens is 4. The van der Waals surface area contributed by atoms with Crippen LogP contribution in [0.2, 0.25) is 0 Å². The standard InChI is InChI=1S/C41H49F4N5O8/c1-39(2,3)58-37(55)47-31-13-8-6-4-5-7-11-27-19-40(27,36(54)46-20-24-14-16-25(17-15-24)33(51)41(43,44)45)48-34(52)32-18-28(22-50(32)35(31)53)57-38(56)49-21-26-10-9-12-30(42)29(26)23-49/h7,9-12,14-17,27-28,31-33,51H,4-6,8,13,18-23H2,1-3H3,(H,46,54)(H,47,55)(H,48,52)/b11-7-/t27-,28?,31+,32+,33?,40-/m1/s1. The Hall–Kier alpha value is -5.19. The number of carbonyl (C=O) groups excluding carboxylic acids is 5. The van der Waals surface area contributed by atoms with Gasteiger partial charge in [0.05, 0.1) is 13.1 Å². The highest BCUT2D eigenvalue weighted by Gasteiger charge is 2.61. The summed E-state index contributed by atoms with van der Waals surface area (Å²) >= 11 is 0. The number of hydrogen-bond donors (Lipinski definition) is 4. The van der Waals surface area contributed by atoms with Gasteiger partial charge in [-0.25, -0.2) is 14.0 Å². The van der Waals surface area contributed by atoms with Crippen molar-refractivity contribution in [2.75, 3.05) is 6.54 Å². The van der Waals surface area contributed by atoms with Gasteiger partial charge in [0.1, 0.15) is 35.1 Å². The number of rotatable bonds is 6. The number of aliphatic hydroxyl groups excluding tert-OH is 1. The van der Waals surface area contributed by atoms with E-state index in [9.17, 15) is 46.6 Å². The summed E-state index contributed by atoms with van der Waals surface area (Å²) in [4.78, 5) is 71.6. The van der Waals surface area contributed by atoms with Crippen LogP contribution in [0.5, 0.6) is 0 Å². The quantitative estimate of drug-likeness (QED) is 0.221. The molecule has 1 saturated carbocycles. The second kappa shape index (κ2) is 17.0. The molecule has 0 bridgehead atoms. The van der Waals surface area contributed by atoms with Crippen LogP contribution in [-0.4, -0.2) is 86.9 Å². The van der Waals surface area contributed by atoms with E-state index in [0.29, 0.717) is 36.0 Å². The summed E-state index contributed by atoms with van der Waals surface area (Å²) in [6.07, 6.45) is -3.27. The van der Waals surface area contributed by atoms with Gasteiger partial charge in [-0.1, -0.05) is 61.4 Å². The van der Waals surface area contributed by atoms with Crippen LogP contribution in [-0.2, 0) is 43.5 Å². The molecule has 2 aromatic carbocycles. The Balaban J connectivity index is 1.22. The first-order valence-electron chi connectivity index (χ1n) is 19.5. The predicted octanol–water partition coefficient (Wildman–Crippen LogP) is 5.45. The fourth-order valence-corrected chi connectivity index (χ4v) is 7.69. The third kappa shape index (κ3) is 9.91. The van der Waals surface area contributed by atoms with E-state index in [0.717, 1.165) is 18.6 Å². The molecule has 17 heteroatoms. The Morgan fingerprint density at radius 3 is 2.47 bits per heavy atom. The highest BCUT2D eigenvalue weighted by atomic mass is 19.4. The minimum Gasteiger partial charge on any atom is -0.444 e. The molecule has 2 fully saturated rings. The van der Waals surface area contributed by atoms with Crippen LogP contribution in [0.4, 0.5) is 27.2 Å². The fourth-order valence-electron chi connectivity index (χ4n) is 7.69. The van der Waals surface area contributed by atoms with Crippen molar-refractivity contribution in [3.63, 3.8) is 0 Å². The summed E-state index contributed by atoms with van der Waals surface area (Å²) < 4.78 is 64.7. The van der Waals surface area contributed by atoms with Crippen molar-refractivity contribution in [1.82, 2.24) is 25.8 Å². The Labute approximate surface area is 333 Å². The number of ether oxygens (including phenoxy) is 2. The molecule has 4 aliphatic rings. The lowest BCUT2D eigenvalue weighted by molar-refractivity contribution is -0.206. The lowest BCUT2D eigenvalue weighted by atomic mass is 10.0. The monoisotopic (exact) mass is 815 g/mol. The molecule has 3 heterocycles. The Morgan fingerprint density at radius 1 is 1.03 bits per heavy atom. The molecule has 3 aliphatic heterocycles. The number of hydrogen-bond acceptors (Lipinski definition) is 8. The largest absolute Gasteiger partial charge is 0.444 e. The van der Waals surface area contributed by atoms with Gasteiger partial charge in [-0.05, 0) is 69.2 Å². The normalized spacial score (nSPS) is 26.1. The molecule has 1 aliphatic carbocycles. The molecule has 5 amide bonds. The predicted molar refractivity (Wildman–Crippen MR) is 200 cm³/mol. The molecule has 6 atom stereocenters. The van der Waals surface area contributed by atoms with Crippen LogP contribution in [0, 0.1) is 11.7 Å². The Morgan fingerprint density at radius 2 is 1.78 bits per heavy atom. The van der Waals surface area contributed by atoms with Crippen LogP contribution >= 0.6 is 0 Å². The van der Waals surface area contributed by atoms with E-state index in [-0.39, 0.29) is 51.0 Å². The number of benzene rings is 2. The first-order chi connectivity index (χ1) is 27.3. The maximum atomic E-state index is 14.5. The van der Waals surface area contributed by atoms with Gasteiger partial charge >= 0.3 is 18.4 Å². The number of alkyl halides is 3. The first-order valence-corrected chi connectivity index (χ1v) is 19.5. The number of nitrogens with one attached hydrogen (secondary N) is 3. The summed E-state index contributed by atoms with van der Waals surface area (Å²) in [5.74, 6) is -2.70. The zero-order valence-electron chi connectivity index (χ0n) is 32.6. The van der Waals surface area contributed by atoms with Gasteiger partial charge in [0.15, 0.2) is 6.10 Å². The highest BCUT2D eigenvalue weighted by molar-refractivity contribution is 5.98. The second-order valence-electron chi connectivity index (χ2n) is 16.4. The number of fused-ring (bicyclic) bond motifs is 3. The molecular formula is C41H49F4N5O8. The van der Waals surface area contributed by atoms with Crippen molar-refractivity contribution < 1.29 is 56.1 Å². The van der Waals surface area contributed by atoms with E-state index in [1.165, 1.54) is 28.0 Å². The van der Waals surface area contributed by atoms with Crippen LogP contribution in [0.1, 0.15) is 94.1 Å². The number of allylic oxidation sites excluding steroid dienone is 1. The number of alkyl carbamates (subject to hydrolysis) is 1. The lowest BCUT2D eigenvalue weighted by Crippen LogP contribution is -2.57. The Bertz CT molecular complexity index is 1920. The zero-order chi connectivity index (χ0) is 42.0. The average molecular weight is 816 g/mol. The minimum absolute atomic E-state index is 0.0196. The zero-order valence-corrected chi connectivity index (χ0v) is 32.6. The molecular weight excluding hydrogens is 766 g/mol. The van der Waals surface area contributed by atoms with Crippen molar-refractivity contribution in [2.24, 2.45) is 5.92 Å². The number of carbonyl (C=O) groups is 5. The number of nitrogens with zero attached hydrogens (tertiary/aromatic N) is 2. The highest BCUT2D eigenvalue weighted by Crippen LogP contribution is 2.46. The summed E-state index contributed by atoms with van der Waals surface area (Å²) in [7, 11) is 0. The molecule has 0 aromatic heterocycles. The van der Waals surface area contributed by atoms with Gasteiger partial charge in [0, 0.05) is 31.0 Å². The van der Waals surface area contributed by atoms with Gasteiger partial charge in [-0.3, -0.25) is 19.3 Å². The van der Waals surface area contributed by atoms with Crippen molar-refractivity contribution in [3.05, 3.63) is 82.7 Å². The third-order valence-corrected chi connectivity index (χ3v) is 10.8. The van der Waals surface area contributed by atoms with Crippen LogP contribution in [0.3, 0.4) is 0 Å². The second-order valence-corrected chi connectivity index (χ2v) is 16.4. The molecule has 6 rings (SSSR count). The molecule has 2 aromatic rings. The molecule has 58 heavy (non-hydrogen) atoms. The van der Waals surface area contributed by atoms with Crippen molar-refractivity contribution in [2.45, 2.75) is 127 Å². The molecule has 314 valence electrons. The molecule has 1 saturated heterocycles. The fraction of sp³-hybridized carbons (Fsp3) is 0.537. The topological polar surface area (TPSA) is 167 Å². The van der Waals surface area contributed by atoms with Gasteiger partial charge in [-0.2, -0.15) is 13.2 Å². The summed E-state index contributed by atoms with van der Waals surface area (Å²) in [6, 6.07) is 7.19. The molecule has 4 N–H and O–H groups in total. The van der Waals surface area contributed by atoms with Gasteiger partial charge < -0.3 is 35.4 Å². The maximum Gasteiger partial charge on any atom is 0.418 e. The Kier molecular flexibility index (Phi) is 12.4. The molecule has 0 radical (unpaired) electrons. The van der Waals surface area contributed by atoms with Crippen molar-refractivity contribution >= 4 is 29.9 Å². The number of aliphatic hydroxyl groups is 1. The van der Waals surface area contributed by atoms with Crippen molar-refractivity contribution in [1.29, 1.82) is 0 Å². The van der Waals surface area contributed by atoms with Crippen LogP contribution in [0.15, 0.2) is 54.6 Å². The summed E-state index contributed by atoms with van der Waals surface area (Å²) in [5.41, 5.74) is -1.19. The van der Waals surface area contributed by atoms with Crippen LogP contribution in [0.25, 0.3) is 0 Å². The van der Waals surface area contributed by atoms with E-state index < -0.39 is 83.3 Å². The molecule has 2 unspecified atom stereocenters. The third-order valence-electron chi connectivity index (χ3n) is 10.8. The van der Waals surface area contributed by atoms with Gasteiger partial charge in [0.25, 0.3) is 0 Å². The van der Waals surface area contributed by atoms with Crippen LogP contribution < -0.4 is 16.0 Å². The summed E-state index contributed by atoms with van der Waals surface area (Å²) in [5, 5.41) is 17.9. The lowest BCUT2D eigenvalue weighted by Gasteiger charge is -2.30. The van der Waals surface area contributed by atoms with E-state index in [1.54, 1.807) is 32.9 Å². The van der Waals surface area contributed by atoms with E-state index in [4.69, 9.17) is 9.47 Å². The number of amides is 5.